The highest BCUT2D eigenvalue weighted by atomic mass is 32.2. The Morgan fingerprint density at radius 3 is 2.34 bits per heavy atom. The first-order chi connectivity index (χ1) is 23.8. The van der Waals surface area contributed by atoms with Crippen LogP contribution in [0.15, 0.2) is 36.4 Å². The molecular formula is C37H46N6O6S. The number of carbonyl (C=O) groups excluding carboxylic acids is 3. The van der Waals surface area contributed by atoms with Gasteiger partial charge in [-0.2, -0.15) is 12.7 Å². The van der Waals surface area contributed by atoms with Gasteiger partial charge in [-0.05, 0) is 73.1 Å². The second-order valence-electron chi connectivity index (χ2n) is 15.3. The quantitative estimate of drug-likeness (QED) is 0.408. The van der Waals surface area contributed by atoms with E-state index in [1.54, 1.807) is 38.2 Å². The van der Waals surface area contributed by atoms with Crippen LogP contribution >= 0.6 is 0 Å². The summed E-state index contributed by atoms with van der Waals surface area (Å²) in [5, 5.41) is 1.04. The molecule has 4 heterocycles. The minimum absolute atomic E-state index is 0.00759. The minimum atomic E-state index is -3.99. The van der Waals surface area contributed by atoms with Gasteiger partial charge in [-0.3, -0.25) is 9.59 Å². The van der Waals surface area contributed by atoms with Crippen molar-refractivity contribution in [3.8, 4) is 17.0 Å². The summed E-state index contributed by atoms with van der Waals surface area (Å²) in [5.74, 6) is 0.499. The van der Waals surface area contributed by atoms with Crippen molar-refractivity contribution in [1.82, 2.24) is 28.3 Å². The zero-order valence-corrected chi connectivity index (χ0v) is 30.3. The number of nitrogens with one attached hydrogen (secondary N) is 1. The molecule has 3 aliphatic heterocycles. The number of piperidine rings is 1. The highest BCUT2D eigenvalue weighted by Gasteiger charge is 2.66. The number of nitrogens with zero attached hydrogens (tertiary/aromatic N) is 5. The van der Waals surface area contributed by atoms with Crippen molar-refractivity contribution in [2.75, 3.05) is 48.4 Å². The summed E-state index contributed by atoms with van der Waals surface area (Å²) in [7, 11) is 3.94. The van der Waals surface area contributed by atoms with Gasteiger partial charge in [0, 0.05) is 75.8 Å². The van der Waals surface area contributed by atoms with Crippen molar-refractivity contribution in [2.45, 2.75) is 75.4 Å². The molecule has 8 rings (SSSR count). The molecule has 1 aromatic heterocycles. The van der Waals surface area contributed by atoms with Gasteiger partial charge in [-0.1, -0.05) is 25.3 Å². The van der Waals surface area contributed by atoms with Crippen LogP contribution in [-0.2, 0) is 21.5 Å². The van der Waals surface area contributed by atoms with Gasteiger partial charge in [-0.25, -0.2) is 9.52 Å². The first kappa shape index (κ1) is 33.1. The average Bonchev–Trinajstić information content (AvgIpc) is 3.77. The van der Waals surface area contributed by atoms with E-state index in [-0.39, 0.29) is 35.5 Å². The average molecular weight is 703 g/mol. The van der Waals surface area contributed by atoms with Crippen molar-refractivity contribution in [3.63, 3.8) is 0 Å². The summed E-state index contributed by atoms with van der Waals surface area (Å²) in [6.45, 7) is 1.51. The van der Waals surface area contributed by atoms with Crippen molar-refractivity contribution in [2.24, 2.45) is 5.41 Å². The van der Waals surface area contributed by atoms with Gasteiger partial charge in [0.1, 0.15) is 5.75 Å². The highest BCUT2D eigenvalue weighted by molar-refractivity contribution is 7.87. The molecule has 5 aliphatic rings. The van der Waals surface area contributed by atoms with E-state index in [1.165, 1.54) is 26.1 Å². The number of carbonyl (C=O) groups is 3. The van der Waals surface area contributed by atoms with Gasteiger partial charge >= 0.3 is 16.2 Å². The summed E-state index contributed by atoms with van der Waals surface area (Å²) in [5.41, 5.74) is 4.93. The van der Waals surface area contributed by atoms with Crippen molar-refractivity contribution in [3.05, 3.63) is 53.1 Å². The van der Waals surface area contributed by atoms with Gasteiger partial charge in [0.05, 0.1) is 30.3 Å². The van der Waals surface area contributed by atoms with Gasteiger partial charge in [-0.15, -0.1) is 0 Å². The Hall–Kier alpha value is -4.10. The van der Waals surface area contributed by atoms with Gasteiger partial charge in [0.25, 0.3) is 5.91 Å². The number of benzene rings is 2. The van der Waals surface area contributed by atoms with E-state index in [4.69, 9.17) is 4.74 Å². The number of rotatable bonds is 6. The zero-order valence-electron chi connectivity index (χ0n) is 29.4. The predicted molar refractivity (Wildman–Crippen MR) is 189 cm³/mol. The lowest BCUT2D eigenvalue weighted by atomic mass is 9.81. The third-order valence-electron chi connectivity index (χ3n) is 12.0. The lowest BCUT2D eigenvalue weighted by Crippen LogP contribution is -2.72. The van der Waals surface area contributed by atoms with Crippen LogP contribution in [0.5, 0.6) is 5.75 Å². The maximum Gasteiger partial charge on any atom is 0.319 e. The number of piperazine rings is 1. The highest BCUT2D eigenvalue weighted by Crippen LogP contribution is 2.67. The fourth-order valence-electron chi connectivity index (χ4n) is 9.33. The number of likely N-dealkylation sites (tertiary alicyclic amines) is 2. The summed E-state index contributed by atoms with van der Waals surface area (Å²) >= 11 is 0. The number of hydrogen-bond acceptors (Lipinski definition) is 6. The first-order valence-electron chi connectivity index (χ1n) is 17.7. The molecule has 266 valence electrons. The van der Waals surface area contributed by atoms with Crippen LogP contribution in [-0.4, -0.2) is 110 Å². The topological polar surface area (TPSA) is 124 Å². The third kappa shape index (κ3) is 5.02. The molecule has 4 fully saturated rings. The van der Waals surface area contributed by atoms with E-state index in [0.717, 1.165) is 69.9 Å². The van der Waals surface area contributed by atoms with E-state index >= 15 is 0 Å². The Bertz CT molecular complexity index is 2020. The molecule has 2 bridgehead atoms. The Balaban J connectivity index is 1.26. The number of fused-ring (bicyclic) bond motifs is 9. The fraction of sp³-hybridized carbons (Fsp3) is 0.541. The third-order valence-corrected chi connectivity index (χ3v) is 13.4. The summed E-state index contributed by atoms with van der Waals surface area (Å²) in [6.07, 6.45) is 7.21. The monoisotopic (exact) mass is 702 g/mol. The summed E-state index contributed by atoms with van der Waals surface area (Å²) in [6, 6.07) is 11.7. The number of hydrogen-bond donors (Lipinski definition) is 1. The normalized spacial score (nSPS) is 25.6. The number of amides is 4. The second-order valence-corrected chi connectivity index (χ2v) is 17.2. The molecule has 4 unspecified atom stereocenters. The Morgan fingerprint density at radius 2 is 1.68 bits per heavy atom. The molecule has 2 aromatic carbocycles. The van der Waals surface area contributed by atoms with Crippen molar-refractivity contribution < 1.29 is 27.5 Å². The first-order valence-corrected chi connectivity index (χ1v) is 19.2. The number of aromatic nitrogens is 1. The molecule has 4 atom stereocenters. The molecule has 50 heavy (non-hydrogen) atoms. The van der Waals surface area contributed by atoms with E-state index in [2.05, 4.69) is 26.3 Å². The van der Waals surface area contributed by atoms with Crippen LogP contribution < -0.4 is 9.46 Å². The molecule has 12 nitrogen and oxygen atoms in total. The molecule has 0 radical (unpaired) electrons. The van der Waals surface area contributed by atoms with Crippen molar-refractivity contribution >= 4 is 39.0 Å². The molecule has 0 spiro atoms. The van der Waals surface area contributed by atoms with Gasteiger partial charge in [0.2, 0.25) is 5.91 Å². The largest absolute Gasteiger partial charge is 0.497 e. The maximum atomic E-state index is 15.0. The molecule has 2 aliphatic carbocycles. The lowest BCUT2D eigenvalue weighted by molar-refractivity contribution is -0.159. The minimum Gasteiger partial charge on any atom is -0.497 e. The van der Waals surface area contributed by atoms with Crippen LogP contribution in [0, 0.1) is 5.41 Å². The van der Waals surface area contributed by atoms with Crippen molar-refractivity contribution in [1.29, 1.82) is 0 Å². The van der Waals surface area contributed by atoms with Crippen LogP contribution in [0.4, 0.5) is 4.79 Å². The standard InChI is InChI=1S/C37H46N6O6S/c1-39(2)36(46)41-19-24-16-25(20-41)43(24)35(45)37-18-30(37)29-17-26(49-5)12-14-27(29)33-32(22-9-7-6-8-10-22)28-13-11-23(15-31(28)42(33)21-37)34(44)38-50(47,48)40(3)4/h11-15,17,22,24-25,30H,6-10,16,18-21H2,1-5H3,(H,38,44). The fourth-order valence-corrected chi connectivity index (χ4v) is 9.86. The van der Waals surface area contributed by atoms with E-state index in [9.17, 15) is 22.8 Å². The molecule has 1 N–H and O–H groups in total. The Morgan fingerprint density at radius 1 is 0.960 bits per heavy atom. The Kier molecular flexibility index (Phi) is 7.76. The number of methoxy groups -OCH3 is 1. The number of ether oxygens (including phenoxy) is 1. The summed E-state index contributed by atoms with van der Waals surface area (Å²) < 4.78 is 36.4. The van der Waals surface area contributed by atoms with Crippen LogP contribution in [0.1, 0.15) is 78.3 Å². The van der Waals surface area contributed by atoms with Gasteiger partial charge in [0.15, 0.2) is 0 Å². The molecular weight excluding hydrogens is 657 g/mol. The van der Waals surface area contributed by atoms with E-state index in [1.807, 2.05) is 17.0 Å². The molecule has 3 aromatic rings. The molecule has 2 saturated heterocycles. The van der Waals surface area contributed by atoms with Crippen LogP contribution in [0.3, 0.4) is 0 Å². The smallest absolute Gasteiger partial charge is 0.319 e. The second kappa shape index (κ2) is 11.7. The number of urea groups is 1. The molecule has 2 saturated carbocycles. The maximum absolute atomic E-state index is 15.0. The van der Waals surface area contributed by atoms with Crippen LogP contribution in [0.25, 0.3) is 22.2 Å². The van der Waals surface area contributed by atoms with E-state index < -0.39 is 21.5 Å². The zero-order chi connectivity index (χ0) is 35.3. The van der Waals surface area contributed by atoms with E-state index in [0.29, 0.717) is 32.0 Å². The van der Waals surface area contributed by atoms with Gasteiger partial charge < -0.3 is 24.0 Å². The molecule has 13 heteroatoms. The predicted octanol–water partition coefficient (Wildman–Crippen LogP) is 4.35. The summed E-state index contributed by atoms with van der Waals surface area (Å²) in [4.78, 5) is 46.7. The lowest BCUT2D eigenvalue weighted by Gasteiger charge is -2.57. The SMILES string of the molecule is COc1ccc2c(c1)C1CC1(C(=O)N1C3CC1CN(C(=O)N(C)C)C3)Cn1c-2c(C2CCCCC2)c2ccc(C(=O)NS(=O)(=O)N(C)C)cc21. The molecule has 4 amide bonds. The Labute approximate surface area is 293 Å². The van der Waals surface area contributed by atoms with Crippen LogP contribution in [0.2, 0.25) is 0 Å².